The minimum absolute atomic E-state index is 0.434. The Morgan fingerprint density at radius 2 is 2.38 bits per heavy atom. The predicted molar refractivity (Wildman–Crippen MR) is 63.8 cm³/mol. The summed E-state index contributed by atoms with van der Waals surface area (Å²) in [5, 5.41) is 12.2. The molecule has 2 unspecified atom stereocenters. The van der Waals surface area contributed by atoms with Gasteiger partial charge in [-0.3, -0.25) is 0 Å². The highest BCUT2D eigenvalue weighted by molar-refractivity contribution is 5.69. The molecule has 1 aromatic heterocycles. The van der Waals surface area contributed by atoms with Crippen molar-refractivity contribution in [2.75, 3.05) is 11.1 Å². The lowest BCUT2D eigenvalue weighted by Crippen LogP contribution is -2.23. The molecule has 1 aromatic rings. The molecule has 16 heavy (non-hydrogen) atoms. The normalized spacial score (nSPS) is 24.0. The first-order valence-electron chi connectivity index (χ1n) is 5.63. The molecule has 2 atom stereocenters. The number of anilines is 2. The van der Waals surface area contributed by atoms with Crippen LogP contribution in [0.1, 0.15) is 31.7 Å². The number of pyridine rings is 1. The fraction of sp³-hybridized carbons (Fsp3) is 0.500. The zero-order valence-electron chi connectivity index (χ0n) is 9.40. The van der Waals surface area contributed by atoms with Crippen LogP contribution in [0.15, 0.2) is 12.3 Å². The molecule has 0 aromatic carbocycles. The van der Waals surface area contributed by atoms with E-state index in [1.807, 2.05) is 0 Å². The zero-order valence-corrected chi connectivity index (χ0v) is 9.40. The Balaban J connectivity index is 2.19. The second-order valence-corrected chi connectivity index (χ2v) is 4.39. The molecule has 1 aliphatic carbocycles. The molecule has 0 bridgehead atoms. The molecule has 1 heterocycles. The van der Waals surface area contributed by atoms with Gasteiger partial charge in [0.25, 0.3) is 0 Å². The van der Waals surface area contributed by atoms with Gasteiger partial charge in [0.1, 0.15) is 6.07 Å². The van der Waals surface area contributed by atoms with E-state index < -0.39 is 0 Å². The summed E-state index contributed by atoms with van der Waals surface area (Å²) in [6.07, 6.45) is 5.27. The summed E-state index contributed by atoms with van der Waals surface area (Å²) in [7, 11) is 0. The van der Waals surface area contributed by atoms with E-state index in [2.05, 4.69) is 23.3 Å². The van der Waals surface area contributed by atoms with Crippen molar-refractivity contribution < 1.29 is 0 Å². The quantitative estimate of drug-likeness (QED) is 0.794. The number of hydrogen-bond acceptors (Lipinski definition) is 4. The monoisotopic (exact) mass is 216 g/mol. The van der Waals surface area contributed by atoms with Crippen molar-refractivity contribution in [3.05, 3.63) is 17.8 Å². The molecule has 3 N–H and O–H groups in total. The Labute approximate surface area is 95.5 Å². The van der Waals surface area contributed by atoms with Gasteiger partial charge in [-0.15, -0.1) is 0 Å². The first kappa shape index (κ1) is 10.7. The number of nitriles is 1. The Morgan fingerprint density at radius 1 is 1.56 bits per heavy atom. The molecule has 1 saturated carbocycles. The molecule has 0 aliphatic heterocycles. The molecule has 0 radical (unpaired) electrons. The average Bonchev–Trinajstić information content (AvgIpc) is 2.68. The van der Waals surface area contributed by atoms with Crippen molar-refractivity contribution in [1.82, 2.24) is 4.98 Å². The number of rotatable bonds is 2. The predicted octanol–water partition coefficient (Wildman–Crippen LogP) is 2.14. The van der Waals surface area contributed by atoms with Crippen molar-refractivity contribution in [1.29, 1.82) is 5.26 Å². The maximum absolute atomic E-state index is 8.87. The second-order valence-electron chi connectivity index (χ2n) is 4.39. The highest BCUT2D eigenvalue weighted by atomic mass is 15.0. The Kier molecular flexibility index (Phi) is 2.95. The van der Waals surface area contributed by atoms with Crippen LogP contribution in [0, 0.1) is 17.2 Å². The van der Waals surface area contributed by atoms with Gasteiger partial charge in [-0.25, -0.2) is 4.98 Å². The molecular weight excluding hydrogens is 200 g/mol. The van der Waals surface area contributed by atoms with Crippen LogP contribution in [0.3, 0.4) is 0 Å². The summed E-state index contributed by atoms with van der Waals surface area (Å²) in [4.78, 5) is 4.20. The summed E-state index contributed by atoms with van der Waals surface area (Å²) in [5.41, 5.74) is 6.82. The smallest absolute Gasteiger partial charge is 0.150 e. The highest BCUT2D eigenvalue weighted by Gasteiger charge is 2.24. The van der Waals surface area contributed by atoms with Gasteiger partial charge in [0.15, 0.2) is 5.82 Å². The molecule has 4 nitrogen and oxygen atoms in total. The van der Waals surface area contributed by atoms with Crippen LogP contribution in [-0.2, 0) is 0 Å². The third-order valence-electron chi connectivity index (χ3n) is 3.29. The lowest BCUT2D eigenvalue weighted by Gasteiger charge is -2.19. The summed E-state index contributed by atoms with van der Waals surface area (Å²) < 4.78 is 0. The maximum Gasteiger partial charge on any atom is 0.150 e. The summed E-state index contributed by atoms with van der Waals surface area (Å²) in [6, 6.07) is 4.14. The van der Waals surface area contributed by atoms with Crippen molar-refractivity contribution in [3.63, 3.8) is 0 Å². The summed E-state index contributed by atoms with van der Waals surface area (Å²) in [5.74, 6) is 1.30. The van der Waals surface area contributed by atoms with E-state index in [1.165, 1.54) is 12.8 Å². The number of nitrogens with one attached hydrogen (secondary N) is 1. The fourth-order valence-electron chi connectivity index (χ4n) is 2.22. The fourth-order valence-corrected chi connectivity index (χ4v) is 2.22. The molecule has 1 fully saturated rings. The Morgan fingerprint density at radius 3 is 3.00 bits per heavy atom. The molecule has 0 amide bonds. The lowest BCUT2D eigenvalue weighted by molar-refractivity contribution is 0.555. The van der Waals surface area contributed by atoms with E-state index in [1.54, 1.807) is 12.3 Å². The van der Waals surface area contributed by atoms with Gasteiger partial charge < -0.3 is 11.1 Å². The first-order chi connectivity index (χ1) is 7.72. The van der Waals surface area contributed by atoms with Crippen molar-refractivity contribution >= 4 is 11.5 Å². The van der Waals surface area contributed by atoms with Gasteiger partial charge >= 0.3 is 0 Å². The molecule has 84 valence electrons. The number of nitrogens with zero attached hydrogens (tertiary/aromatic N) is 2. The number of hydrogen-bond donors (Lipinski definition) is 2. The topological polar surface area (TPSA) is 74.7 Å². The Hall–Kier alpha value is -1.76. The SMILES string of the molecule is CC1CCCC1Nc1nccc(C#N)c1N. The van der Waals surface area contributed by atoms with Crippen LogP contribution in [0.5, 0.6) is 0 Å². The van der Waals surface area contributed by atoms with Crippen LogP contribution in [0.2, 0.25) is 0 Å². The molecule has 0 saturated heterocycles. The van der Waals surface area contributed by atoms with Crippen LogP contribution in [0.4, 0.5) is 11.5 Å². The van der Waals surface area contributed by atoms with E-state index in [-0.39, 0.29) is 0 Å². The maximum atomic E-state index is 8.87. The lowest BCUT2D eigenvalue weighted by atomic mass is 10.1. The average molecular weight is 216 g/mol. The summed E-state index contributed by atoms with van der Waals surface area (Å²) in [6.45, 7) is 2.23. The number of aromatic nitrogens is 1. The van der Waals surface area contributed by atoms with Crippen molar-refractivity contribution in [3.8, 4) is 6.07 Å². The minimum atomic E-state index is 0.434. The first-order valence-corrected chi connectivity index (χ1v) is 5.63. The standard InChI is InChI=1S/C12H16N4/c1-8-3-2-4-10(8)16-12-11(14)9(7-13)5-6-15-12/h5-6,8,10H,2-4,14H2,1H3,(H,15,16). The minimum Gasteiger partial charge on any atom is -0.395 e. The van der Waals surface area contributed by atoms with Gasteiger partial charge in [0.2, 0.25) is 0 Å². The molecular formula is C12H16N4. The van der Waals surface area contributed by atoms with E-state index in [9.17, 15) is 0 Å². The van der Waals surface area contributed by atoms with Crippen LogP contribution in [-0.4, -0.2) is 11.0 Å². The third-order valence-corrected chi connectivity index (χ3v) is 3.29. The zero-order chi connectivity index (χ0) is 11.5. The van der Waals surface area contributed by atoms with Gasteiger partial charge in [0, 0.05) is 12.2 Å². The van der Waals surface area contributed by atoms with Crippen molar-refractivity contribution in [2.24, 2.45) is 5.92 Å². The van der Waals surface area contributed by atoms with Gasteiger partial charge in [-0.1, -0.05) is 13.3 Å². The van der Waals surface area contributed by atoms with Gasteiger partial charge in [0.05, 0.1) is 11.3 Å². The van der Waals surface area contributed by atoms with E-state index in [4.69, 9.17) is 11.0 Å². The van der Waals surface area contributed by atoms with E-state index in [0.717, 1.165) is 6.42 Å². The highest BCUT2D eigenvalue weighted by Crippen LogP contribution is 2.29. The van der Waals surface area contributed by atoms with Crippen molar-refractivity contribution in [2.45, 2.75) is 32.2 Å². The van der Waals surface area contributed by atoms with E-state index >= 15 is 0 Å². The largest absolute Gasteiger partial charge is 0.395 e. The van der Waals surface area contributed by atoms with Gasteiger partial charge in [-0.05, 0) is 24.8 Å². The molecule has 1 aliphatic rings. The van der Waals surface area contributed by atoms with Crippen LogP contribution in [0.25, 0.3) is 0 Å². The number of nitrogen functional groups attached to an aromatic ring is 1. The number of nitrogens with two attached hydrogens (primary N) is 1. The second kappa shape index (κ2) is 4.40. The van der Waals surface area contributed by atoms with Gasteiger partial charge in [-0.2, -0.15) is 5.26 Å². The van der Waals surface area contributed by atoms with E-state index in [0.29, 0.717) is 29.0 Å². The molecule has 2 rings (SSSR count). The van der Waals surface area contributed by atoms with Crippen LogP contribution >= 0.6 is 0 Å². The molecule has 4 heteroatoms. The van der Waals surface area contributed by atoms with Crippen LogP contribution < -0.4 is 11.1 Å². The molecule has 0 spiro atoms. The summed E-state index contributed by atoms with van der Waals surface area (Å²) >= 11 is 0. The Bertz CT molecular complexity index is 422. The third kappa shape index (κ3) is 1.94.